The van der Waals surface area contributed by atoms with Gasteiger partial charge in [-0.15, -0.1) is 0 Å². The molecule has 1 amide bonds. The summed E-state index contributed by atoms with van der Waals surface area (Å²) >= 11 is 0. The number of carbonyl (C=O) groups excluding carboxylic acids is 1. The van der Waals surface area contributed by atoms with Crippen molar-refractivity contribution in [3.05, 3.63) is 29.3 Å². The van der Waals surface area contributed by atoms with E-state index in [-0.39, 0.29) is 16.7 Å². The van der Waals surface area contributed by atoms with Gasteiger partial charge in [0, 0.05) is 41.7 Å². The van der Waals surface area contributed by atoms with E-state index in [0.717, 1.165) is 49.6 Å². The number of rotatable bonds is 1. The smallest absolute Gasteiger partial charge is 0.253 e. The molecule has 0 N–H and O–H groups in total. The van der Waals surface area contributed by atoms with E-state index in [1.165, 1.54) is 0 Å². The molecule has 0 radical (unpaired) electrons. The molecule has 1 spiro atoms. The molecule has 2 fully saturated rings. The molecule has 3 aliphatic heterocycles. The Labute approximate surface area is 125 Å². The third-order valence-corrected chi connectivity index (χ3v) is 5.07. The van der Waals surface area contributed by atoms with Crippen molar-refractivity contribution in [1.82, 2.24) is 4.90 Å². The number of likely N-dealkylation sites (tertiary alicyclic amines) is 1. The van der Waals surface area contributed by atoms with Crippen molar-refractivity contribution < 1.29 is 14.3 Å². The number of hydrogen-bond donors (Lipinski definition) is 0. The van der Waals surface area contributed by atoms with E-state index in [9.17, 15) is 4.79 Å². The zero-order valence-corrected chi connectivity index (χ0v) is 12.6. The lowest BCUT2D eigenvalue weighted by atomic mass is 9.79. The Morgan fingerprint density at radius 2 is 2.05 bits per heavy atom. The molecule has 0 aliphatic carbocycles. The molecule has 3 aliphatic rings. The quantitative estimate of drug-likeness (QED) is 0.795. The van der Waals surface area contributed by atoms with Crippen molar-refractivity contribution in [3.8, 4) is 5.75 Å². The Hall–Kier alpha value is -1.55. The van der Waals surface area contributed by atoms with Crippen LogP contribution in [-0.2, 0) is 10.2 Å². The minimum Gasteiger partial charge on any atom is -0.492 e. The molecule has 3 heterocycles. The van der Waals surface area contributed by atoms with Crippen LogP contribution >= 0.6 is 0 Å². The van der Waals surface area contributed by atoms with E-state index in [1.807, 2.05) is 23.1 Å². The van der Waals surface area contributed by atoms with E-state index in [1.54, 1.807) is 0 Å². The van der Waals surface area contributed by atoms with Crippen LogP contribution in [0.2, 0.25) is 0 Å². The number of fused-ring (bicyclic) bond motifs is 1. The number of ether oxygens (including phenoxy) is 2. The molecule has 21 heavy (non-hydrogen) atoms. The fourth-order valence-corrected chi connectivity index (χ4v) is 3.64. The molecule has 4 heteroatoms. The van der Waals surface area contributed by atoms with Gasteiger partial charge in [-0.2, -0.15) is 0 Å². The minimum atomic E-state index is -0.0128. The van der Waals surface area contributed by atoms with Crippen molar-refractivity contribution in [2.75, 3.05) is 32.9 Å². The Bertz CT molecular complexity index is 594. The first kappa shape index (κ1) is 13.1. The third kappa shape index (κ3) is 1.96. The largest absolute Gasteiger partial charge is 0.492 e. The van der Waals surface area contributed by atoms with Crippen molar-refractivity contribution in [2.45, 2.75) is 25.7 Å². The average Bonchev–Trinajstić information content (AvgIpc) is 3.02. The normalized spacial score (nSPS) is 24.6. The van der Waals surface area contributed by atoms with Crippen LogP contribution < -0.4 is 4.74 Å². The molecule has 4 rings (SSSR count). The summed E-state index contributed by atoms with van der Waals surface area (Å²) in [5.74, 6) is 1.05. The highest BCUT2D eigenvalue weighted by atomic mass is 16.5. The van der Waals surface area contributed by atoms with Gasteiger partial charge >= 0.3 is 0 Å². The fourth-order valence-electron chi connectivity index (χ4n) is 3.64. The van der Waals surface area contributed by atoms with E-state index in [2.05, 4.69) is 13.8 Å². The Kier molecular flexibility index (Phi) is 2.65. The molecule has 0 atom stereocenters. The van der Waals surface area contributed by atoms with Gasteiger partial charge in [-0.05, 0) is 24.6 Å². The van der Waals surface area contributed by atoms with Crippen LogP contribution in [0.15, 0.2) is 18.2 Å². The number of hydrogen-bond acceptors (Lipinski definition) is 3. The topological polar surface area (TPSA) is 38.8 Å². The van der Waals surface area contributed by atoms with Crippen molar-refractivity contribution in [2.24, 2.45) is 5.41 Å². The maximum Gasteiger partial charge on any atom is 0.253 e. The fraction of sp³-hybridized carbons (Fsp3) is 0.588. The van der Waals surface area contributed by atoms with Crippen LogP contribution in [0.25, 0.3) is 0 Å². The molecule has 0 saturated carbocycles. The summed E-state index contributed by atoms with van der Waals surface area (Å²) < 4.78 is 11.2. The molecule has 1 aromatic rings. The van der Waals surface area contributed by atoms with Gasteiger partial charge in [0.2, 0.25) is 0 Å². The SMILES string of the molecule is CC1(C)COc2ccc(C(=O)N3CC4(CCOC4)C3)cc21. The lowest BCUT2D eigenvalue weighted by Crippen LogP contribution is -2.58. The van der Waals surface area contributed by atoms with E-state index in [4.69, 9.17) is 9.47 Å². The van der Waals surface area contributed by atoms with Gasteiger partial charge in [0.1, 0.15) is 5.75 Å². The Morgan fingerprint density at radius 1 is 1.24 bits per heavy atom. The first-order valence-corrected chi connectivity index (χ1v) is 7.64. The van der Waals surface area contributed by atoms with Crippen molar-refractivity contribution in [1.29, 1.82) is 0 Å². The summed E-state index contributed by atoms with van der Waals surface area (Å²) in [4.78, 5) is 14.6. The zero-order valence-electron chi connectivity index (χ0n) is 12.6. The van der Waals surface area contributed by atoms with E-state index in [0.29, 0.717) is 6.61 Å². The number of nitrogens with zero attached hydrogens (tertiary/aromatic N) is 1. The molecular formula is C17H21NO3. The highest BCUT2D eigenvalue weighted by molar-refractivity contribution is 5.95. The van der Waals surface area contributed by atoms with Crippen LogP contribution in [0.3, 0.4) is 0 Å². The monoisotopic (exact) mass is 287 g/mol. The highest BCUT2D eigenvalue weighted by Gasteiger charge is 2.47. The molecule has 112 valence electrons. The molecule has 0 bridgehead atoms. The Balaban J connectivity index is 1.54. The second-order valence-electron chi connectivity index (χ2n) is 7.35. The number of amides is 1. The van der Waals surface area contributed by atoms with Crippen LogP contribution in [0.4, 0.5) is 0 Å². The van der Waals surface area contributed by atoms with Gasteiger partial charge in [-0.1, -0.05) is 13.8 Å². The van der Waals surface area contributed by atoms with Gasteiger partial charge < -0.3 is 14.4 Å². The summed E-state index contributed by atoms with van der Waals surface area (Å²) in [5, 5.41) is 0. The summed E-state index contributed by atoms with van der Waals surface area (Å²) in [6.07, 6.45) is 1.09. The van der Waals surface area contributed by atoms with Crippen molar-refractivity contribution >= 4 is 5.91 Å². The number of benzene rings is 1. The summed E-state index contributed by atoms with van der Waals surface area (Å²) in [6, 6.07) is 5.84. The number of carbonyl (C=O) groups is 1. The third-order valence-electron chi connectivity index (χ3n) is 5.07. The van der Waals surface area contributed by atoms with Crippen LogP contribution in [0.5, 0.6) is 5.75 Å². The molecule has 0 unspecified atom stereocenters. The lowest BCUT2D eigenvalue weighted by molar-refractivity contribution is 0.000355. The maximum absolute atomic E-state index is 12.6. The van der Waals surface area contributed by atoms with Crippen LogP contribution in [0.1, 0.15) is 36.2 Å². The van der Waals surface area contributed by atoms with E-state index >= 15 is 0 Å². The van der Waals surface area contributed by atoms with Gasteiger partial charge in [0.15, 0.2) is 0 Å². The first-order valence-electron chi connectivity index (χ1n) is 7.64. The molecule has 0 aromatic heterocycles. The molecule has 4 nitrogen and oxygen atoms in total. The zero-order chi connectivity index (χ0) is 14.7. The summed E-state index contributed by atoms with van der Waals surface area (Å²) in [7, 11) is 0. The second-order valence-corrected chi connectivity index (χ2v) is 7.35. The first-order chi connectivity index (χ1) is 9.99. The predicted molar refractivity (Wildman–Crippen MR) is 78.7 cm³/mol. The predicted octanol–water partition coefficient (Wildman–Crippen LogP) is 2.22. The van der Waals surface area contributed by atoms with Crippen LogP contribution in [0, 0.1) is 5.41 Å². The maximum atomic E-state index is 12.6. The van der Waals surface area contributed by atoms with Gasteiger partial charge in [-0.3, -0.25) is 4.79 Å². The van der Waals surface area contributed by atoms with E-state index < -0.39 is 0 Å². The van der Waals surface area contributed by atoms with Gasteiger partial charge in [0.25, 0.3) is 5.91 Å². The molecular weight excluding hydrogens is 266 g/mol. The lowest BCUT2D eigenvalue weighted by Gasteiger charge is -2.47. The average molecular weight is 287 g/mol. The van der Waals surface area contributed by atoms with Crippen molar-refractivity contribution in [3.63, 3.8) is 0 Å². The van der Waals surface area contributed by atoms with Crippen LogP contribution in [-0.4, -0.2) is 43.7 Å². The highest BCUT2D eigenvalue weighted by Crippen LogP contribution is 2.41. The molecule has 1 aromatic carbocycles. The Morgan fingerprint density at radius 3 is 2.76 bits per heavy atom. The molecule has 2 saturated heterocycles. The standard InChI is InChI=1S/C17H21NO3/c1-16(2)10-21-14-4-3-12(7-13(14)16)15(19)18-8-17(9-18)5-6-20-11-17/h3-4,7H,5-6,8-11H2,1-2H3. The summed E-state index contributed by atoms with van der Waals surface area (Å²) in [5.41, 5.74) is 2.16. The van der Waals surface area contributed by atoms with Gasteiger partial charge in [0.05, 0.1) is 13.2 Å². The minimum absolute atomic E-state index is 0.0128. The van der Waals surface area contributed by atoms with Gasteiger partial charge in [-0.25, -0.2) is 0 Å². The second kappa shape index (κ2) is 4.23. The summed E-state index contributed by atoms with van der Waals surface area (Å²) in [6.45, 7) is 8.31.